The predicted octanol–water partition coefficient (Wildman–Crippen LogP) is 7.55. The van der Waals surface area contributed by atoms with Crippen LogP contribution in [0, 0.1) is 0 Å². The van der Waals surface area contributed by atoms with Crippen molar-refractivity contribution in [3.05, 3.63) is 0 Å². The van der Waals surface area contributed by atoms with E-state index in [1.807, 2.05) is 0 Å². The number of rotatable bonds is 22. The van der Waals surface area contributed by atoms with Crippen LogP contribution in [-0.4, -0.2) is 17.4 Å². The molecule has 0 saturated heterocycles. The van der Waals surface area contributed by atoms with Gasteiger partial charge in [0, 0.05) is 6.54 Å². The number of unbranched alkanes of at least 4 members (excludes halogenated alkanes) is 19. The molecule has 0 amide bonds. The highest BCUT2D eigenvalue weighted by Crippen LogP contribution is 2.14. The molecule has 0 saturated carbocycles. The number of thiol groups is 1. The Kier molecular flexibility index (Phi) is 24.4. The lowest BCUT2D eigenvalue weighted by Gasteiger charge is -2.04. The maximum Gasteiger partial charge on any atom is 0.130 e. The molecule has 4 heteroatoms. The van der Waals surface area contributed by atoms with Crippen LogP contribution in [0.5, 0.6) is 0 Å². The summed E-state index contributed by atoms with van der Waals surface area (Å²) in [7, 11) is 0. The van der Waals surface area contributed by atoms with Crippen LogP contribution in [0.1, 0.15) is 128 Å². The fraction of sp³-hybridized carbons (Fsp3) is 0.957. The van der Waals surface area contributed by atoms with Crippen LogP contribution in [0.3, 0.4) is 0 Å². The lowest BCUT2D eigenvalue weighted by molar-refractivity contribution is 0.521. The molecule has 162 valence electrons. The maximum absolute atomic E-state index is 5.51. The zero-order chi connectivity index (χ0) is 19.8. The van der Waals surface area contributed by atoms with E-state index in [0.29, 0.717) is 4.32 Å². The molecular formula is C23H48N2S2. The van der Waals surface area contributed by atoms with E-state index in [4.69, 9.17) is 18.0 Å². The highest BCUT2D eigenvalue weighted by atomic mass is 32.1. The van der Waals surface area contributed by atoms with E-state index >= 15 is 0 Å². The average molecular weight is 417 g/mol. The highest BCUT2D eigenvalue weighted by molar-refractivity contribution is 8.11. The third kappa shape index (κ3) is 26.2. The number of hydrogen-bond donors (Lipinski definition) is 3. The van der Waals surface area contributed by atoms with Crippen molar-refractivity contribution in [1.29, 1.82) is 0 Å². The van der Waals surface area contributed by atoms with Gasteiger partial charge in [-0.25, -0.2) is 0 Å². The van der Waals surface area contributed by atoms with Gasteiger partial charge in [0.1, 0.15) is 4.32 Å². The average Bonchev–Trinajstić information content (AvgIpc) is 2.65. The third-order valence-electron chi connectivity index (χ3n) is 5.41. The monoisotopic (exact) mass is 416 g/mol. The zero-order valence-corrected chi connectivity index (χ0v) is 19.7. The Morgan fingerprint density at radius 2 is 0.778 bits per heavy atom. The Bertz CT molecular complexity index is 298. The second kappa shape index (κ2) is 24.2. The maximum atomic E-state index is 5.51. The summed E-state index contributed by atoms with van der Waals surface area (Å²) < 4.78 is 0.625. The van der Waals surface area contributed by atoms with Crippen LogP contribution in [0.15, 0.2) is 0 Å². The van der Waals surface area contributed by atoms with Gasteiger partial charge in [-0.2, -0.15) is 0 Å². The second-order valence-corrected chi connectivity index (χ2v) is 9.25. The Morgan fingerprint density at radius 3 is 1.04 bits per heavy atom. The summed E-state index contributed by atoms with van der Waals surface area (Å²) in [6.07, 6.45) is 28.0. The third-order valence-corrected chi connectivity index (χ3v) is 5.71. The van der Waals surface area contributed by atoms with Gasteiger partial charge in [-0.1, -0.05) is 128 Å². The quantitative estimate of drug-likeness (QED) is 0.0968. The summed E-state index contributed by atoms with van der Waals surface area (Å²) in [5.41, 5.74) is 5.51. The standard InChI is InChI=1S/C23H48N2S2/c24-21-19-17-15-13-11-9-7-5-3-1-2-4-6-8-10-12-14-16-18-20-22-25-23(26)27/h1-22,24H2,(H2,25,26,27). The molecule has 0 rings (SSSR count). The largest absolute Gasteiger partial charge is 0.371 e. The van der Waals surface area contributed by atoms with Crippen LogP contribution in [0.4, 0.5) is 0 Å². The minimum atomic E-state index is 0.625. The number of nitrogens with one attached hydrogen (secondary N) is 1. The fourth-order valence-electron chi connectivity index (χ4n) is 3.65. The summed E-state index contributed by atoms with van der Waals surface area (Å²) in [6.45, 7) is 1.85. The van der Waals surface area contributed by atoms with Gasteiger partial charge in [-0.3, -0.25) is 0 Å². The fourth-order valence-corrected chi connectivity index (χ4v) is 3.86. The van der Waals surface area contributed by atoms with Crippen molar-refractivity contribution < 1.29 is 0 Å². The molecule has 0 fully saturated rings. The Hall–Kier alpha value is 0.200. The first kappa shape index (κ1) is 27.2. The first-order valence-corrected chi connectivity index (χ1v) is 12.8. The summed E-state index contributed by atoms with van der Waals surface area (Å²) in [6, 6.07) is 0. The smallest absolute Gasteiger partial charge is 0.130 e. The van der Waals surface area contributed by atoms with Gasteiger partial charge < -0.3 is 11.1 Å². The molecule has 0 bridgehead atoms. The molecule has 0 unspecified atom stereocenters. The van der Waals surface area contributed by atoms with Gasteiger partial charge in [0.2, 0.25) is 0 Å². The molecule has 0 aromatic heterocycles. The summed E-state index contributed by atoms with van der Waals surface area (Å²) >= 11 is 8.94. The van der Waals surface area contributed by atoms with Crippen molar-refractivity contribution in [2.75, 3.05) is 13.1 Å². The van der Waals surface area contributed by atoms with Crippen molar-refractivity contribution in [3.63, 3.8) is 0 Å². The number of nitrogens with two attached hydrogens (primary N) is 1. The Balaban J connectivity index is 2.98. The van der Waals surface area contributed by atoms with Crippen molar-refractivity contribution in [2.24, 2.45) is 5.73 Å². The molecule has 2 nitrogen and oxygen atoms in total. The normalized spacial score (nSPS) is 11.0. The lowest BCUT2D eigenvalue weighted by atomic mass is 10.0. The van der Waals surface area contributed by atoms with Crippen LogP contribution < -0.4 is 11.1 Å². The Morgan fingerprint density at radius 1 is 0.519 bits per heavy atom. The SMILES string of the molecule is NCCCCCCCCCCCCCCCCCCCCCCNC(=S)S. The molecule has 0 heterocycles. The van der Waals surface area contributed by atoms with E-state index in [9.17, 15) is 0 Å². The highest BCUT2D eigenvalue weighted by Gasteiger charge is 1.95. The first-order valence-electron chi connectivity index (χ1n) is 11.9. The molecule has 27 heavy (non-hydrogen) atoms. The zero-order valence-electron chi connectivity index (χ0n) is 18.0. The van der Waals surface area contributed by atoms with Crippen LogP contribution in [-0.2, 0) is 0 Å². The summed E-state index contributed by atoms with van der Waals surface area (Å²) in [4.78, 5) is 0. The van der Waals surface area contributed by atoms with Gasteiger partial charge in [0.05, 0.1) is 0 Å². The van der Waals surface area contributed by atoms with E-state index in [1.54, 1.807) is 0 Å². The molecule has 0 radical (unpaired) electrons. The van der Waals surface area contributed by atoms with Gasteiger partial charge >= 0.3 is 0 Å². The van der Waals surface area contributed by atoms with Crippen LogP contribution in [0.25, 0.3) is 0 Å². The van der Waals surface area contributed by atoms with Crippen molar-refractivity contribution in [2.45, 2.75) is 128 Å². The van der Waals surface area contributed by atoms with Gasteiger partial charge in [0.15, 0.2) is 0 Å². The first-order chi connectivity index (χ1) is 13.3. The molecule has 0 aromatic carbocycles. The van der Waals surface area contributed by atoms with E-state index in [0.717, 1.165) is 13.1 Å². The molecule has 0 spiro atoms. The van der Waals surface area contributed by atoms with E-state index in [2.05, 4.69) is 17.9 Å². The molecular weight excluding hydrogens is 368 g/mol. The van der Waals surface area contributed by atoms with Gasteiger partial charge in [-0.15, -0.1) is 12.6 Å². The number of thiocarbonyl (C=S) groups is 1. The summed E-state index contributed by atoms with van der Waals surface area (Å²) in [5.74, 6) is 0. The molecule has 0 aliphatic carbocycles. The predicted molar refractivity (Wildman–Crippen MR) is 131 cm³/mol. The van der Waals surface area contributed by atoms with E-state index < -0.39 is 0 Å². The number of hydrogen-bond acceptors (Lipinski definition) is 2. The molecule has 0 aliphatic heterocycles. The minimum Gasteiger partial charge on any atom is -0.371 e. The van der Waals surface area contributed by atoms with Gasteiger partial charge in [-0.05, 0) is 19.4 Å². The lowest BCUT2D eigenvalue weighted by Crippen LogP contribution is -2.17. The Labute approximate surface area is 181 Å². The van der Waals surface area contributed by atoms with E-state index in [1.165, 1.54) is 128 Å². The van der Waals surface area contributed by atoms with Crippen molar-refractivity contribution in [1.82, 2.24) is 5.32 Å². The van der Waals surface area contributed by atoms with Crippen LogP contribution >= 0.6 is 24.8 Å². The van der Waals surface area contributed by atoms with Crippen molar-refractivity contribution in [3.8, 4) is 0 Å². The molecule has 0 aromatic rings. The van der Waals surface area contributed by atoms with Crippen molar-refractivity contribution >= 4 is 29.2 Å². The molecule has 3 N–H and O–H groups in total. The minimum absolute atomic E-state index is 0.625. The van der Waals surface area contributed by atoms with Gasteiger partial charge in [0.25, 0.3) is 0 Å². The second-order valence-electron chi connectivity index (χ2n) is 8.09. The topological polar surface area (TPSA) is 38.0 Å². The molecule has 0 aliphatic rings. The summed E-state index contributed by atoms with van der Waals surface area (Å²) in [5, 5.41) is 3.10. The van der Waals surface area contributed by atoms with Crippen LogP contribution in [0.2, 0.25) is 0 Å². The molecule has 0 atom stereocenters. The van der Waals surface area contributed by atoms with E-state index in [-0.39, 0.29) is 0 Å².